The monoisotopic (exact) mass is 279 g/mol. The van der Waals surface area contributed by atoms with Crippen molar-refractivity contribution in [3.8, 4) is 12.1 Å². The van der Waals surface area contributed by atoms with Gasteiger partial charge in [-0.2, -0.15) is 10.5 Å². The predicted molar refractivity (Wildman–Crippen MR) is 65.4 cm³/mol. The molecule has 0 fully saturated rings. The molecule has 0 heterocycles. The molecule has 1 amide bonds. The fourth-order valence-corrected chi connectivity index (χ4v) is 1.33. The highest BCUT2D eigenvalue weighted by Gasteiger charge is 2.15. The van der Waals surface area contributed by atoms with Gasteiger partial charge in [0.2, 0.25) is 6.41 Å². The number of rotatable bonds is 4. The minimum absolute atomic E-state index is 0.141. The third kappa shape index (κ3) is 3.12. The van der Waals surface area contributed by atoms with Crippen LogP contribution in [-0.2, 0) is 4.79 Å². The van der Waals surface area contributed by atoms with Gasteiger partial charge < -0.3 is 5.73 Å². The van der Waals surface area contributed by atoms with Gasteiger partial charge in [0.1, 0.15) is 17.8 Å². The van der Waals surface area contributed by atoms with E-state index < -0.39 is 17.2 Å². The highest BCUT2D eigenvalue weighted by molar-refractivity contribution is 6.31. The van der Waals surface area contributed by atoms with Gasteiger partial charge in [-0.3, -0.25) is 10.2 Å². The first kappa shape index (κ1) is 14.3. The van der Waals surface area contributed by atoms with E-state index in [1.807, 2.05) is 0 Å². The van der Waals surface area contributed by atoms with E-state index in [-0.39, 0.29) is 17.1 Å². The number of halogens is 2. The Morgan fingerprint density at radius 2 is 2.16 bits per heavy atom. The molecular weight excluding hydrogens is 273 g/mol. The number of nitrogens with zero attached hydrogens (tertiary/aromatic N) is 3. The van der Waals surface area contributed by atoms with Crippen LogP contribution in [0.1, 0.15) is 0 Å². The lowest BCUT2D eigenvalue weighted by Crippen LogP contribution is -2.30. The summed E-state index contributed by atoms with van der Waals surface area (Å²) in [5.74, 6) is -0.802. The van der Waals surface area contributed by atoms with Crippen LogP contribution in [0.25, 0.3) is 0 Å². The summed E-state index contributed by atoms with van der Waals surface area (Å²) in [7, 11) is 0. The molecule has 0 bridgehead atoms. The molecule has 1 aromatic rings. The molecule has 0 atom stereocenters. The van der Waals surface area contributed by atoms with Crippen LogP contribution in [0.15, 0.2) is 29.6 Å². The molecule has 8 heteroatoms. The number of hydrazine groups is 1. The van der Waals surface area contributed by atoms with Crippen LogP contribution in [0.4, 0.5) is 10.1 Å². The van der Waals surface area contributed by atoms with Gasteiger partial charge in [-0.15, -0.1) is 0 Å². The summed E-state index contributed by atoms with van der Waals surface area (Å²) in [5.41, 5.74) is 6.49. The maximum Gasteiger partial charge on any atom is 0.233 e. The molecule has 0 unspecified atom stereocenters. The zero-order valence-electron chi connectivity index (χ0n) is 9.39. The molecule has 0 spiro atoms. The van der Waals surface area contributed by atoms with Crippen molar-refractivity contribution in [2.75, 3.05) is 5.43 Å². The van der Waals surface area contributed by atoms with E-state index in [1.54, 1.807) is 6.07 Å². The molecule has 19 heavy (non-hydrogen) atoms. The van der Waals surface area contributed by atoms with Crippen molar-refractivity contribution in [1.29, 1.82) is 10.5 Å². The normalized spacial score (nSPS) is 10.7. The number of nitrogens with one attached hydrogen (secondary N) is 1. The number of benzene rings is 1. The zero-order valence-corrected chi connectivity index (χ0v) is 10.1. The molecular formula is C11H7ClFN5O. The third-order valence-electron chi connectivity index (χ3n) is 2.02. The molecule has 0 saturated heterocycles. The second-order valence-corrected chi connectivity index (χ2v) is 3.58. The van der Waals surface area contributed by atoms with Crippen molar-refractivity contribution in [2.45, 2.75) is 0 Å². The second-order valence-electron chi connectivity index (χ2n) is 3.17. The number of amides is 1. The van der Waals surface area contributed by atoms with Gasteiger partial charge in [0.15, 0.2) is 11.5 Å². The quantitative estimate of drug-likeness (QED) is 0.493. The van der Waals surface area contributed by atoms with Crippen LogP contribution in [0.5, 0.6) is 0 Å². The Bertz CT molecular complexity index is 616. The summed E-state index contributed by atoms with van der Waals surface area (Å²) in [6.07, 6.45) is 0.184. The summed E-state index contributed by atoms with van der Waals surface area (Å²) < 4.78 is 13.6. The SMILES string of the molecule is N#C/C(N)=C(\C#N)N(C=O)Nc1cccc(Cl)c1F. The molecule has 0 saturated carbocycles. The Kier molecular flexibility index (Phi) is 4.69. The van der Waals surface area contributed by atoms with Gasteiger partial charge in [0.05, 0.1) is 10.7 Å². The lowest BCUT2D eigenvalue weighted by molar-refractivity contribution is -0.115. The molecule has 96 valence electrons. The van der Waals surface area contributed by atoms with Crippen LogP contribution in [-0.4, -0.2) is 11.4 Å². The van der Waals surface area contributed by atoms with E-state index in [1.165, 1.54) is 24.3 Å². The number of nitriles is 2. The van der Waals surface area contributed by atoms with Crippen LogP contribution < -0.4 is 11.2 Å². The molecule has 0 radical (unpaired) electrons. The highest BCUT2D eigenvalue weighted by atomic mass is 35.5. The van der Waals surface area contributed by atoms with E-state index in [0.717, 1.165) is 0 Å². The van der Waals surface area contributed by atoms with E-state index in [4.69, 9.17) is 27.9 Å². The molecule has 0 aliphatic heterocycles. The lowest BCUT2D eigenvalue weighted by Gasteiger charge is -2.19. The summed E-state index contributed by atoms with van der Waals surface area (Å²) >= 11 is 5.57. The predicted octanol–water partition coefficient (Wildman–Crippen LogP) is 1.48. The number of hydrogen-bond donors (Lipinski definition) is 2. The van der Waals surface area contributed by atoms with Gasteiger partial charge in [-0.05, 0) is 12.1 Å². The van der Waals surface area contributed by atoms with Crippen LogP contribution >= 0.6 is 11.6 Å². The van der Waals surface area contributed by atoms with Crippen LogP contribution in [0, 0.1) is 28.5 Å². The molecule has 6 nitrogen and oxygen atoms in total. The first-order valence-corrected chi connectivity index (χ1v) is 5.18. The molecule has 0 aromatic heterocycles. The molecule has 0 aliphatic rings. The number of hydrogen-bond acceptors (Lipinski definition) is 5. The first-order valence-electron chi connectivity index (χ1n) is 4.80. The summed E-state index contributed by atoms with van der Waals surface area (Å²) in [6, 6.07) is 7.15. The highest BCUT2D eigenvalue weighted by Crippen LogP contribution is 2.23. The zero-order chi connectivity index (χ0) is 14.4. The standard InChI is InChI=1S/C11H7ClFN5O/c12-7-2-1-3-9(11(7)13)17-18(6-19)10(5-15)8(16)4-14/h1-3,6,17H,16H2/b10-8-. The Hall–Kier alpha value is -2.77. The van der Waals surface area contributed by atoms with Crippen LogP contribution in [0.3, 0.4) is 0 Å². The fourth-order valence-electron chi connectivity index (χ4n) is 1.15. The average molecular weight is 280 g/mol. The van der Waals surface area contributed by atoms with E-state index >= 15 is 0 Å². The average Bonchev–Trinajstić information content (AvgIpc) is 2.42. The molecule has 1 rings (SSSR count). The Morgan fingerprint density at radius 1 is 1.47 bits per heavy atom. The first-order chi connectivity index (χ1) is 9.04. The topological polar surface area (TPSA) is 106 Å². The van der Waals surface area contributed by atoms with Crippen molar-refractivity contribution >= 4 is 23.7 Å². The van der Waals surface area contributed by atoms with Gasteiger partial charge in [0.25, 0.3) is 0 Å². The van der Waals surface area contributed by atoms with Gasteiger partial charge in [-0.1, -0.05) is 17.7 Å². The summed E-state index contributed by atoms with van der Waals surface area (Å²) in [4.78, 5) is 10.9. The molecule has 1 aromatic carbocycles. The van der Waals surface area contributed by atoms with Gasteiger partial charge in [-0.25, -0.2) is 9.40 Å². The fraction of sp³-hybridized carbons (Fsp3) is 0. The third-order valence-corrected chi connectivity index (χ3v) is 2.31. The van der Waals surface area contributed by atoms with Crippen molar-refractivity contribution in [3.63, 3.8) is 0 Å². The minimum Gasteiger partial charge on any atom is -0.388 e. The maximum atomic E-state index is 13.6. The summed E-state index contributed by atoms with van der Waals surface area (Å²) in [5, 5.41) is 17.9. The Morgan fingerprint density at radius 3 is 2.68 bits per heavy atom. The van der Waals surface area contributed by atoms with Crippen molar-refractivity contribution < 1.29 is 9.18 Å². The van der Waals surface area contributed by atoms with E-state index in [9.17, 15) is 9.18 Å². The Labute approximate surface area is 113 Å². The van der Waals surface area contributed by atoms with E-state index in [0.29, 0.717) is 5.01 Å². The van der Waals surface area contributed by atoms with Crippen LogP contribution in [0.2, 0.25) is 5.02 Å². The van der Waals surface area contributed by atoms with Gasteiger partial charge in [0, 0.05) is 0 Å². The van der Waals surface area contributed by atoms with Gasteiger partial charge >= 0.3 is 0 Å². The van der Waals surface area contributed by atoms with E-state index in [2.05, 4.69) is 5.43 Å². The number of allylic oxidation sites excluding steroid dienone is 2. The molecule has 0 aliphatic carbocycles. The summed E-state index contributed by atoms with van der Waals surface area (Å²) in [6.45, 7) is 0. The van der Waals surface area contributed by atoms with Crippen molar-refractivity contribution in [2.24, 2.45) is 5.73 Å². The number of anilines is 1. The van der Waals surface area contributed by atoms with Crippen molar-refractivity contribution in [3.05, 3.63) is 40.4 Å². The minimum atomic E-state index is -0.802. The Balaban J connectivity index is 3.15. The largest absolute Gasteiger partial charge is 0.388 e. The number of nitrogens with two attached hydrogens (primary N) is 1. The maximum absolute atomic E-state index is 13.6. The number of carbonyl (C=O) groups excluding carboxylic acids is 1. The number of carbonyl (C=O) groups is 1. The molecule has 3 N–H and O–H groups in total. The second kappa shape index (κ2) is 6.24. The smallest absolute Gasteiger partial charge is 0.233 e. The lowest BCUT2D eigenvalue weighted by atomic mass is 10.3. The van der Waals surface area contributed by atoms with Crippen molar-refractivity contribution in [1.82, 2.24) is 5.01 Å².